The van der Waals surface area contributed by atoms with Crippen LogP contribution >= 0.6 is 15.9 Å². The van der Waals surface area contributed by atoms with Gasteiger partial charge in [-0.05, 0) is 57.9 Å². The molecule has 0 bridgehead atoms. The minimum Gasteiger partial charge on any atom is -0.492 e. The number of carbonyl (C=O) groups is 1. The molecule has 4 nitrogen and oxygen atoms in total. The van der Waals surface area contributed by atoms with E-state index in [1.807, 2.05) is 49.4 Å². The molecule has 0 spiro atoms. The van der Waals surface area contributed by atoms with E-state index in [2.05, 4.69) is 21.2 Å². The lowest BCUT2D eigenvalue weighted by Crippen LogP contribution is -2.12. The van der Waals surface area contributed by atoms with Gasteiger partial charge in [0.1, 0.15) is 0 Å². The lowest BCUT2D eigenvalue weighted by atomic mass is 10.1. The fourth-order valence-corrected chi connectivity index (χ4v) is 3.23. The minimum absolute atomic E-state index is 0.209. The Bertz CT molecular complexity index is 924. The second-order valence-corrected chi connectivity index (χ2v) is 6.29. The minimum atomic E-state index is -0.209. The summed E-state index contributed by atoms with van der Waals surface area (Å²) in [5.74, 6) is 0.895. The second kappa shape index (κ2) is 7.57. The average molecular weight is 400 g/mol. The number of benzene rings is 3. The van der Waals surface area contributed by atoms with E-state index in [0.29, 0.717) is 28.1 Å². The van der Waals surface area contributed by atoms with Gasteiger partial charge >= 0.3 is 0 Å². The Hall–Kier alpha value is -2.53. The molecule has 0 aliphatic rings. The molecule has 1 N–H and O–H groups in total. The first-order valence-electron chi connectivity index (χ1n) is 7.93. The second-order valence-electron chi connectivity index (χ2n) is 5.44. The van der Waals surface area contributed by atoms with Crippen LogP contribution < -0.4 is 14.8 Å². The first kappa shape index (κ1) is 17.3. The third kappa shape index (κ3) is 3.77. The number of nitrogens with one attached hydrogen (secondary N) is 1. The lowest BCUT2D eigenvalue weighted by Gasteiger charge is -2.13. The van der Waals surface area contributed by atoms with Gasteiger partial charge in [-0.1, -0.05) is 30.3 Å². The fraction of sp³-hybridized carbons (Fsp3) is 0.150. The van der Waals surface area contributed by atoms with Crippen molar-refractivity contribution in [3.63, 3.8) is 0 Å². The predicted octanol–water partition coefficient (Wildman–Crippen LogP) is 5.26. The summed E-state index contributed by atoms with van der Waals surface area (Å²) in [5.41, 5.74) is 1.23. The summed E-state index contributed by atoms with van der Waals surface area (Å²) in [7, 11) is 1.57. The van der Waals surface area contributed by atoms with Gasteiger partial charge in [0.2, 0.25) is 0 Å². The van der Waals surface area contributed by atoms with Crippen LogP contribution in [-0.2, 0) is 0 Å². The van der Waals surface area contributed by atoms with Crippen molar-refractivity contribution in [2.24, 2.45) is 0 Å². The highest BCUT2D eigenvalue weighted by Crippen LogP contribution is 2.36. The Kier molecular flexibility index (Phi) is 5.24. The Balaban J connectivity index is 1.89. The van der Waals surface area contributed by atoms with Crippen LogP contribution in [0.4, 0.5) is 5.69 Å². The molecule has 0 saturated carbocycles. The summed E-state index contributed by atoms with van der Waals surface area (Å²) in [5, 5.41) is 5.13. The summed E-state index contributed by atoms with van der Waals surface area (Å²) in [6.07, 6.45) is 0. The average Bonchev–Trinajstić information content (AvgIpc) is 2.61. The van der Waals surface area contributed by atoms with Gasteiger partial charge in [-0.25, -0.2) is 0 Å². The van der Waals surface area contributed by atoms with Gasteiger partial charge in [-0.2, -0.15) is 0 Å². The Morgan fingerprint density at radius 1 is 1.08 bits per heavy atom. The zero-order chi connectivity index (χ0) is 17.8. The monoisotopic (exact) mass is 399 g/mol. The zero-order valence-corrected chi connectivity index (χ0v) is 15.6. The number of anilines is 1. The summed E-state index contributed by atoms with van der Waals surface area (Å²) in [6.45, 7) is 2.37. The van der Waals surface area contributed by atoms with Crippen molar-refractivity contribution < 1.29 is 14.3 Å². The third-order valence-electron chi connectivity index (χ3n) is 3.78. The van der Waals surface area contributed by atoms with Crippen molar-refractivity contribution in [1.82, 2.24) is 0 Å². The van der Waals surface area contributed by atoms with Crippen LogP contribution in [0.15, 0.2) is 59.1 Å². The van der Waals surface area contributed by atoms with Gasteiger partial charge in [0, 0.05) is 11.3 Å². The number of hydrogen-bond donors (Lipinski definition) is 1. The maximum atomic E-state index is 12.6. The Labute approximate surface area is 154 Å². The van der Waals surface area contributed by atoms with Crippen LogP contribution in [-0.4, -0.2) is 19.6 Å². The Morgan fingerprint density at radius 3 is 2.56 bits per heavy atom. The molecule has 0 aliphatic carbocycles. The van der Waals surface area contributed by atoms with Gasteiger partial charge in [-0.3, -0.25) is 4.79 Å². The van der Waals surface area contributed by atoms with Crippen molar-refractivity contribution in [2.45, 2.75) is 6.92 Å². The third-order valence-corrected chi connectivity index (χ3v) is 4.37. The molecule has 3 rings (SSSR count). The molecule has 0 fully saturated rings. The van der Waals surface area contributed by atoms with Crippen LogP contribution in [0.5, 0.6) is 11.5 Å². The maximum Gasteiger partial charge on any atom is 0.255 e. The van der Waals surface area contributed by atoms with E-state index in [9.17, 15) is 4.79 Å². The zero-order valence-electron chi connectivity index (χ0n) is 14.0. The SMILES string of the molecule is CCOc1cc(C(=O)Nc2ccc3ccccc3c2)cc(Br)c1OC. The van der Waals surface area contributed by atoms with Crippen molar-refractivity contribution in [2.75, 3.05) is 19.0 Å². The fourth-order valence-electron chi connectivity index (χ4n) is 2.63. The first-order valence-corrected chi connectivity index (χ1v) is 8.72. The van der Waals surface area contributed by atoms with E-state index >= 15 is 0 Å². The molecular weight excluding hydrogens is 382 g/mol. The van der Waals surface area contributed by atoms with Crippen LogP contribution in [0.2, 0.25) is 0 Å². The molecule has 1 amide bonds. The number of fused-ring (bicyclic) bond motifs is 1. The van der Waals surface area contributed by atoms with E-state index < -0.39 is 0 Å². The van der Waals surface area contributed by atoms with E-state index in [-0.39, 0.29) is 5.91 Å². The molecule has 0 heterocycles. The predicted molar refractivity (Wildman–Crippen MR) is 104 cm³/mol. The van der Waals surface area contributed by atoms with Crippen molar-refractivity contribution in [1.29, 1.82) is 0 Å². The molecule has 0 aliphatic heterocycles. The number of methoxy groups -OCH3 is 1. The van der Waals surface area contributed by atoms with Crippen LogP contribution in [0.25, 0.3) is 10.8 Å². The van der Waals surface area contributed by atoms with E-state index in [1.54, 1.807) is 19.2 Å². The van der Waals surface area contributed by atoms with Crippen LogP contribution in [0, 0.1) is 0 Å². The highest BCUT2D eigenvalue weighted by Gasteiger charge is 2.15. The first-order chi connectivity index (χ1) is 12.1. The standard InChI is InChI=1S/C20H18BrNO3/c1-3-25-18-12-15(11-17(21)19(18)24-2)20(23)22-16-9-8-13-6-4-5-7-14(13)10-16/h4-12H,3H2,1-2H3,(H,22,23). The largest absolute Gasteiger partial charge is 0.492 e. The molecule has 3 aromatic rings. The molecule has 25 heavy (non-hydrogen) atoms. The quantitative estimate of drug-likeness (QED) is 0.636. The van der Waals surface area contributed by atoms with E-state index in [1.165, 1.54) is 0 Å². The molecule has 0 radical (unpaired) electrons. The normalized spacial score (nSPS) is 10.5. The highest BCUT2D eigenvalue weighted by atomic mass is 79.9. The van der Waals surface area contributed by atoms with Crippen molar-refractivity contribution >= 4 is 38.3 Å². The van der Waals surface area contributed by atoms with Gasteiger partial charge in [-0.15, -0.1) is 0 Å². The van der Waals surface area contributed by atoms with Gasteiger partial charge < -0.3 is 14.8 Å². The molecule has 128 valence electrons. The number of rotatable bonds is 5. The summed E-state index contributed by atoms with van der Waals surface area (Å²) < 4.78 is 11.6. The molecule has 5 heteroatoms. The Morgan fingerprint density at radius 2 is 1.84 bits per heavy atom. The summed E-state index contributed by atoms with van der Waals surface area (Å²) in [4.78, 5) is 12.6. The van der Waals surface area contributed by atoms with E-state index in [0.717, 1.165) is 16.5 Å². The van der Waals surface area contributed by atoms with Crippen molar-refractivity contribution in [3.8, 4) is 11.5 Å². The molecule has 0 saturated heterocycles. The number of carbonyl (C=O) groups excluding carboxylic acids is 1. The van der Waals surface area contributed by atoms with Crippen LogP contribution in [0.1, 0.15) is 17.3 Å². The number of hydrogen-bond acceptors (Lipinski definition) is 3. The lowest BCUT2D eigenvalue weighted by molar-refractivity contribution is 0.102. The topological polar surface area (TPSA) is 47.6 Å². The summed E-state index contributed by atoms with van der Waals surface area (Å²) in [6, 6.07) is 17.3. The van der Waals surface area contributed by atoms with Gasteiger partial charge in [0.25, 0.3) is 5.91 Å². The van der Waals surface area contributed by atoms with E-state index in [4.69, 9.17) is 9.47 Å². The molecule has 0 aromatic heterocycles. The van der Waals surface area contributed by atoms with Crippen LogP contribution in [0.3, 0.4) is 0 Å². The molecule has 0 unspecified atom stereocenters. The number of halogens is 1. The summed E-state index contributed by atoms with van der Waals surface area (Å²) >= 11 is 3.43. The van der Waals surface area contributed by atoms with Gasteiger partial charge in [0.05, 0.1) is 18.2 Å². The molecule has 0 atom stereocenters. The molecular formula is C20H18BrNO3. The molecule has 3 aromatic carbocycles. The smallest absolute Gasteiger partial charge is 0.255 e. The highest BCUT2D eigenvalue weighted by molar-refractivity contribution is 9.10. The van der Waals surface area contributed by atoms with Gasteiger partial charge in [0.15, 0.2) is 11.5 Å². The number of ether oxygens (including phenoxy) is 2. The van der Waals surface area contributed by atoms with Crippen molar-refractivity contribution in [3.05, 3.63) is 64.6 Å². The number of amides is 1. The maximum absolute atomic E-state index is 12.6.